The molecule has 0 aliphatic carbocycles. The van der Waals surface area contributed by atoms with Crippen molar-refractivity contribution < 1.29 is 24.7 Å². The number of carbonyl (C=O) groups is 2. The maximum atomic E-state index is 12.4. The van der Waals surface area contributed by atoms with Gasteiger partial charge in [0, 0.05) is 19.7 Å². The minimum Gasteiger partial charge on any atom is -0.504 e. The number of unbranched alkanes of at least 4 members (excludes halogenated alkanes) is 2. The first-order chi connectivity index (χ1) is 11.2. The summed E-state index contributed by atoms with van der Waals surface area (Å²) in [6.07, 6.45) is 2.59. The van der Waals surface area contributed by atoms with Gasteiger partial charge in [0.1, 0.15) is 5.56 Å². The average Bonchev–Trinajstić information content (AvgIpc) is 2.52. The van der Waals surface area contributed by atoms with E-state index < -0.39 is 44.6 Å². The number of aromatic hydroxyl groups is 2. The Morgan fingerprint density at radius 1 is 1.38 bits per heavy atom. The number of amides is 3. The van der Waals surface area contributed by atoms with Gasteiger partial charge in [0.2, 0.25) is 5.75 Å². The van der Waals surface area contributed by atoms with E-state index in [1.54, 1.807) is 0 Å². The minimum atomic E-state index is -1.09. The fraction of sp³-hybridized carbons (Fsp3) is 0.429. The van der Waals surface area contributed by atoms with Crippen molar-refractivity contribution >= 4 is 29.2 Å². The van der Waals surface area contributed by atoms with E-state index in [1.165, 1.54) is 0 Å². The van der Waals surface area contributed by atoms with Crippen LogP contribution >= 0.6 is 11.6 Å². The van der Waals surface area contributed by atoms with Crippen molar-refractivity contribution in [2.24, 2.45) is 0 Å². The van der Waals surface area contributed by atoms with Gasteiger partial charge < -0.3 is 15.5 Å². The summed E-state index contributed by atoms with van der Waals surface area (Å²) in [6.45, 7) is 2.34. The molecule has 1 aromatic rings. The number of nitrogens with one attached hydrogen (secondary N) is 1. The molecule has 0 atom stereocenters. The first-order valence-corrected chi connectivity index (χ1v) is 7.54. The summed E-state index contributed by atoms with van der Waals surface area (Å²) in [5.74, 6) is -3.01. The molecule has 0 unspecified atom stereocenters. The Hall–Kier alpha value is -2.55. The molecule has 132 valence electrons. The number of nitrogens with zero attached hydrogens (tertiary/aromatic N) is 2. The number of halogens is 1. The molecule has 1 aromatic carbocycles. The topological polar surface area (TPSA) is 133 Å². The van der Waals surface area contributed by atoms with Crippen LogP contribution in [-0.4, -0.2) is 45.6 Å². The third kappa shape index (κ3) is 4.25. The lowest BCUT2D eigenvalue weighted by molar-refractivity contribution is -0.386. The molecule has 0 spiro atoms. The predicted molar refractivity (Wildman–Crippen MR) is 86.5 cm³/mol. The summed E-state index contributed by atoms with van der Waals surface area (Å²) in [7, 11) is 1.13. The van der Waals surface area contributed by atoms with Crippen LogP contribution in [0.5, 0.6) is 11.5 Å². The second-order valence-electron chi connectivity index (χ2n) is 5.01. The summed E-state index contributed by atoms with van der Waals surface area (Å²) in [6, 6.07) is 0.0402. The lowest BCUT2D eigenvalue weighted by Crippen LogP contribution is -2.41. The molecule has 0 saturated heterocycles. The molecule has 0 aliphatic heterocycles. The molecule has 3 amide bonds. The van der Waals surface area contributed by atoms with Crippen molar-refractivity contribution in [3.05, 3.63) is 26.8 Å². The molecular weight excluding hydrogens is 342 g/mol. The van der Waals surface area contributed by atoms with Gasteiger partial charge in [-0.1, -0.05) is 31.4 Å². The zero-order valence-electron chi connectivity index (χ0n) is 13.2. The molecule has 1 rings (SSSR count). The Labute approximate surface area is 143 Å². The summed E-state index contributed by atoms with van der Waals surface area (Å²) in [5.41, 5.74) is -1.74. The molecule has 3 N–H and O–H groups in total. The first kappa shape index (κ1) is 19.5. The number of nitro benzene ring substituents is 1. The van der Waals surface area contributed by atoms with Gasteiger partial charge in [-0.3, -0.25) is 19.8 Å². The van der Waals surface area contributed by atoms with E-state index in [9.17, 15) is 29.9 Å². The van der Waals surface area contributed by atoms with Crippen molar-refractivity contribution in [3.63, 3.8) is 0 Å². The summed E-state index contributed by atoms with van der Waals surface area (Å²) < 4.78 is 0. The molecule has 0 bridgehead atoms. The summed E-state index contributed by atoms with van der Waals surface area (Å²) >= 11 is 5.79. The Bertz CT molecular complexity index is 664. The second-order valence-corrected chi connectivity index (χ2v) is 5.42. The first-order valence-electron chi connectivity index (χ1n) is 7.17. The fourth-order valence-corrected chi connectivity index (χ4v) is 2.22. The molecule has 0 fully saturated rings. The number of hydrogen-bond acceptors (Lipinski definition) is 6. The average molecular weight is 360 g/mol. The zero-order valence-corrected chi connectivity index (χ0v) is 14.0. The Morgan fingerprint density at radius 2 is 2.00 bits per heavy atom. The van der Waals surface area contributed by atoms with Crippen LogP contribution in [0.2, 0.25) is 5.02 Å². The lowest BCUT2D eigenvalue weighted by atomic mass is 10.1. The van der Waals surface area contributed by atoms with Gasteiger partial charge >= 0.3 is 11.7 Å². The molecule has 0 aromatic heterocycles. The number of urea groups is 1. The van der Waals surface area contributed by atoms with E-state index >= 15 is 0 Å². The van der Waals surface area contributed by atoms with Gasteiger partial charge in [0.05, 0.1) is 9.95 Å². The van der Waals surface area contributed by atoms with Crippen molar-refractivity contribution in [2.75, 3.05) is 13.6 Å². The van der Waals surface area contributed by atoms with E-state index in [1.807, 2.05) is 6.92 Å². The highest BCUT2D eigenvalue weighted by Gasteiger charge is 2.34. The van der Waals surface area contributed by atoms with Crippen LogP contribution < -0.4 is 5.32 Å². The highest BCUT2D eigenvalue weighted by Crippen LogP contribution is 2.42. The molecule has 0 radical (unpaired) electrons. The van der Waals surface area contributed by atoms with Crippen molar-refractivity contribution in [3.8, 4) is 11.5 Å². The van der Waals surface area contributed by atoms with Gasteiger partial charge in [-0.15, -0.1) is 0 Å². The normalized spacial score (nSPS) is 10.3. The number of benzene rings is 1. The smallest absolute Gasteiger partial charge is 0.328 e. The van der Waals surface area contributed by atoms with Gasteiger partial charge in [0.25, 0.3) is 5.91 Å². The molecule has 10 heteroatoms. The van der Waals surface area contributed by atoms with Crippen LogP contribution in [0.25, 0.3) is 0 Å². The van der Waals surface area contributed by atoms with E-state index in [-0.39, 0.29) is 0 Å². The minimum absolute atomic E-state index is 0.348. The largest absolute Gasteiger partial charge is 0.504 e. The fourth-order valence-electron chi connectivity index (χ4n) is 1.94. The number of hydrogen-bond donors (Lipinski definition) is 3. The third-order valence-corrected chi connectivity index (χ3v) is 3.57. The van der Waals surface area contributed by atoms with Gasteiger partial charge in [-0.25, -0.2) is 4.79 Å². The van der Waals surface area contributed by atoms with E-state index in [0.29, 0.717) is 11.4 Å². The zero-order chi connectivity index (χ0) is 18.4. The van der Waals surface area contributed by atoms with Crippen LogP contribution in [0.4, 0.5) is 10.5 Å². The monoisotopic (exact) mass is 359 g/mol. The number of imide groups is 1. The standard InChI is InChI=1S/C14H18ClN3O6/c1-3-4-5-6-16-14(22)17(2)13(21)10-8(15)7-9(19)12(20)11(10)18(23)24/h7,19-20H,3-6H2,1-2H3,(H,16,22). The van der Waals surface area contributed by atoms with E-state index in [4.69, 9.17) is 11.6 Å². The highest BCUT2D eigenvalue weighted by molar-refractivity contribution is 6.35. The lowest BCUT2D eigenvalue weighted by Gasteiger charge is -2.17. The van der Waals surface area contributed by atoms with Crippen LogP contribution in [0.15, 0.2) is 6.07 Å². The summed E-state index contributed by atoms with van der Waals surface area (Å²) in [4.78, 5) is 35.0. The maximum Gasteiger partial charge on any atom is 0.328 e. The van der Waals surface area contributed by atoms with Crippen LogP contribution in [0.3, 0.4) is 0 Å². The molecular formula is C14H18ClN3O6. The Morgan fingerprint density at radius 3 is 2.54 bits per heavy atom. The van der Waals surface area contributed by atoms with E-state index in [0.717, 1.165) is 32.4 Å². The van der Waals surface area contributed by atoms with Gasteiger partial charge in [-0.2, -0.15) is 0 Å². The number of carbonyl (C=O) groups excluding carboxylic acids is 2. The summed E-state index contributed by atoms with van der Waals surface area (Å²) in [5, 5.41) is 32.2. The SMILES string of the molecule is CCCCCNC(=O)N(C)C(=O)c1c(Cl)cc(O)c(O)c1[N+](=O)[O-]. The predicted octanol–water partition coefficient (Wildman–Crippen LogP) is 2.63. The second kappa shape index (κ2) is 8.34. The van der Waals surface area contributed by atoms with Gasteiger partial charge in [0.15, 0.2) is 5.75 Å². The Kier molecular flexibility index (Phi) is 6.78. The quantitative estimate of drug-likeness (QED) is 0.309. The maximum absolute atomic E-state index is 12.4. The molecule has 24 heavy (non-hydrogen) atoms. The van der Waals surface area contributed by atoms with Crippen molar-refractivity contribution in [1.29, 1.82) is 0 Å². The number of rotatable bonds is 6. The number of phenols is 2. The van der Waals surface area contributed by atoms with Crippen LogP contribution in [-0.2, 0) is 0 Å². The molecule has 9 nitrogen and oxygen atoms in total. The molecule has 0 aliphatic rings. The van der Waals surface area contributed by atoms with Crippen molar-refractivity contribution in [1.82, 2.24) is 10.2 Å². The van der Waals surface area contributed by atoms with Crippen molar-refractivity contribution in [2.45, 2.75) is 26.2 Å². The number of nitro groups is 1. The molecule has 0 saturated carbocycles. The number of phenolic OH excluding ortho intramolecular Hbond substituents is 2. The van der Waals surface area contributed by atoms with Gasteiger partial charge in [-0.05, 0) is 6.42 Å². The molecule has 0 heterocycles. The Balaban J connectivity index is 3.08. The van der Waals surface area contributed by atoms with Crippen LogP contribution in [0.1, 0.15) is 36.5 Å². The highest BCUT2D eigenvalue weighted by atomic mass is 35.5. The van der Waals surface area contributed by atoms with Crippen LogP contribution in [0, 0.1) is 10.1 Å². The third-order valence-electron chi connectivity index (χ3n) is 3.27. The van der Waals surface area contributed by atoms with E-state index in [2.05, 4.69) is 5.32 Å².